The van der Waals surface area contributed by atoms with Gasteiger partial charge in [0.1, 0.15) is 23.8 Å². The van der Waals surface area contributed by atoms with Crippen molar-refractivity contribution in [2.24, 2.45) is 0 Å². The Balaban J connectivity index is 1.64. The summed E-state index contributed by atoms with van der Waals surface area (Å²) in [5.41, 5.74) is 0.600. The van der Waals surface area contributed by atoms with Crippen LogP contribution in [-0.4, -0.2) is 31.2 Å². The third-order valence-corrected chi connectivity index (χ3v) is 4.20. The maximum absolute atomic E-state index is 9.13. The lowest BCUT2D eigenvalue weighted by Crippen LogP contribution is -2.39. The monoisotopic (exact) mass is 306 g/mol. The molecule has 2 heterocycles. The van der Waals surface area contributed by atoms with E-state index < -0.39 is 0 Å². The van der Waals surface area contributed by atoms with E-state index in [1.165, 1.54) is 12.8 Å². The molecule has 2 atom stereocenters. The number of aliphatic hydroxyl groups is 2. The van der Waals surface area contributed by atoms with Crippen molar-refractivity contribution < 1.29 is 14.6 Å². The smallest absolute Gasteiger partial charge is 0.129 e. The normalized spacial score (nSPS) is 22.1. The molecule has 0 radical (unpaired) electrons. The fourth-order valence-corrected chi connectivity index (χ4v) is 3.05. The highest BCUT2D eigenvalue weighted by molar-refractivity contribution is 5.06. The summed E-state index contributed by atoms with van der Waals surface area (Å²) in [5, 5.41) is 29.8. The molecule has 1 aliphatic rings. The Bertz CT molecular complexity index is 595. The molecule has 0 unspecified atom stereocenters. The molecule has 3 rings (SSSR count). The number of nitrogens with zero attached hydrogens (tertiary/aromatic N) is 3. The van der Waals surface area contributed by atoms with E-state index in [-0.39, 0.29) is 19.3 Å². The Morgan fingerprint density at radius 3 is 2.73 bits per heavy atom. The van der Waals surface area contributed by atoms with E-state index in [1.54, 1.807) is 6.07 Å². The van der Waals surface area contributed by atoms with Crippen LogP contribution in [0, 0.1) is 0 Å². The van der Waals surface area contributed by atoms with Crippen molar-refractivity contribution in [1.82, 2.24) is 20.3 Å². The van der Waals surface area contributed by atoms with Crippen molar-refractivity contribution in [3.8, 4) is 0 Å². The summed E-state index contributed by atoms with van der Waals surface area (Å²) in [7, 11) is 0. The minimum Gasteiger partial charge on any atom is -0.462 e. The first-order chi connectivity index (χ1) is 10.8. The number of hydrogen-bond donors (Lipinski definition) is 3. The number of nitrogens with one attached hydrogen (secondary N) is 1. The first-order valence-corrected chi connectivity index (χ1v) is 7.73. The van der Waals surface area contributed by atoms with Gasteiger partial charge >= 0.3 is 0 Å². The molecule has 22 heavy (non-hydrogen) atoms. The van der Waals surface area contributed by atoms with Gasteiger partial charge in [-0.2, -0.15) is 0 Å². The lowest BCUT2D eigenvalue weighted by molar-refractivity contribution is 0.228. The molecule has 2 aromatic heterocycles. The van der Waals surface area contributed by atoms with Crippen LogP contribution >= 0.6 is 0 Å². The molecule has 1 fully saturated rings. The van der Waals surface area contributed by atoms with E-state index in [0.29, 0.717) is 24.0 Å². The second-order valence-corrected chi connectivity index (χ2v) is 5.71. The zero-order chi connectivity index (χ0) is 15.4. The van der Waals surface area contributed by atoms with Gasteiger partial charge in [0, 0.05) is 6.04 Å². The topological polar surface area (TPSA) is 96.3 Å². The van der Waals surface area contributed by atoms with Crippen molar-refractivity contribution >= 4 is 0 Å². The molecule has 0 aromatic carbocycles. The van der Waals surface area contributed by atoms with E-state index in [0.717, 1.165) is 18.6 Å². The average molecular weight is 306 g/mol. The molecule has 0 saturated heterocycles. The lowest BCUT2D eigenvalue weighted by Gasteiger charge is -2.31. The summed E-state index contributed by atoms with van der Waals surface area (Å²) >= 11 is 0. The fraction of sp³-hybridized carbons (Fsp3) is 0.600. The summed E-state index contributed by atoms with van der Waals surface area (Å²) in [5.74, 6) is 1.41. The van der Waals surface area contributed by atoms with Gasteiger partial charge in [-0.1, -0.05) is 18.1 Å². The first kappa shape index (κ1) is 15.2. The summed E-state index contributed by atoms with van der Waals surface area (Å²) in [6, 6.07) is 4.22. The van der Waals surface area contributed by atoms with Crippen molar-refractivity contribution in [1.29, 1.82) is 0 Å². The van der Waals surface area contributed by atoms with E-state index in [1.807, 2.05) is 16.9 Å². The van der Waals surface area contributed by atoms with Gasteiger partial charge in [-0.25, -0.2) is 4.68 Å². The largest absolute Gasteiger partial charge is 0.462 e. The van der Waals surface area contributed by atoms with Crippen molar-refractivity contribution in [3.63, 3.8) is 0 Å². The van der Waals surface area contributed by atoms with Crippen molar-refractivity contribution in [2.45, 2.75) is 57.5 Å². The SMILES string of the molecule is OCc1cn([C@@H]2CCCC[C@@H]2NCc2ccc(CO)o2)nn1. The number of aliphatic hydroxyl groups excluding tert-OH is 2. The number of furan rings is 1. The molecule has 0 bridgehead atoms. The second kappa shape index (κ2) is 7.04. The van der Waals surface area contributed by atoms with E-state index in [4.69, 9.17) is 14.6 Å². The molecule has 0 amide bonds. The summed E-state index contributed by atoms with van der Waals surface area (Å²) < 4.78 is 7.37. The van der Waals surface area contributed by atoms with Gasteiger partial charge in [0.2, 0.25) is 0 Å². The van der Waals surface area contributed by atoms with Crippen LogP contribution in [0.5, 0.6) is 0 Å². The molecule has 120 valence electrons. The molecule has 1 aliphatic carbocycles. The maximum Gasteiger partial charge on any atom is 0.129 e. The Labute approximate surface area is 128 Å². The molecule has 1 saturated carbocycles. The predicted octanol–water partition coefficient (Wildman–Crippen LogP) is 1.13. The van der Waals surface area contributed by atoms with E-state index in [2.05, 4.69) is 15.6 Å². The summed E-state index contributed by atoms with van der Waals surface area (Å²) in [4.78, 5) is 0. The van der Waals surface area contributed by atoms with Gasteiger partial charge in [-0.15, -0.1) is 5.10 Å². The minimum atomic E-state index is -0.0822. The summed E-state index contributed by atoms with van der Waals surface area (Å²) in [6.45, 7) is 0.471. The highest BCUT2D eigenvalue weighted by Crippen LogP contribution is 2.28. The molecule has 2 aromatic rings. The zero-order valence-electron chi connectivity index (χ0n) is 12.5. The molecule has 7 nitrogen and oxygen atoms in total. The Morgan fingerprint density at radius 2 is 2.00 bits per heavy atom. The van der Waals surface area contributed by atoms with Crippen LogP contribution in [0.15, 0.2) is 22.7 Å². The van der Waals surface area contributed by atoms with Gasteiger partial charge in [-0.05, 0) is 25.0 Å². The van der Waals surface area contributed by atoms with Crippen molar-refractivity contribution in [3.05, 3.63) is 35.5 Å². The van der Waals surface area contributed by atoms with Gasteiger partial charge in [0.25, 0.3) is 0 Å². The summed E-state index contributed by atoms with van der Waals surface area (Å²) in [6.07, 6.45) is 6.31. The molecule has 7 heteroatoms. The quantitative estimate of drug-likeness (QED) is 0.740. The molecule has 0 spiro atoms. The zero-order valence-corrected chi connectivity index (χ0v) is 12.5. The second-order valence-electron chi connectivity index (χ2n) is 5.71. The van der Waals surface area contributed by atoms with Gasteiger partial charge in [0.15, 0.2) is 0 Å². The third-order valence-electron chi connectivity index (χ3n) is 4.20. The van der Waals surface area contributed by atoms with Crippen LogP contribution < -0.4 is 5.32 Å². The van der Waals surface area contributed by atoms with Crippen molar-refractivity contribution in [2.75, 3.05) is 0 Å². The Kier molecular flexibility index (Phi) is 4.87. The van der Waals surface area contributed by atoms with Gasteiger partial charge < -0.3 is 19.9 Å². The molecule has 3 N–H and O–H groups in total. The van der Waals surface area contributed by atoms with Gasteiger partial charge in [-0.3, -0.25) is 0 Å². The van der Waals surface area contributed by atoms with Crippen LogP contribution in [-0.2, 0) is 19.8 Å². The Morgan fingerprint density at radius 1 is 1.18 bits per heavy atom. The molecular weight excluding hydrogens is 284 g/mol. The van der Waals surface area contributed by atoms with E-state index in [9.17, 15) is 0 Å². The van der Waals surface area contributed by atoms with Crippen LogP contribution in [0.25, 0.3) is 0 Å². The van der Waals surface area contributed by atoms with Crippen LogP contribution in [0.3, 0.4) is 0 Å². The maximum atomic E-state index is 9.13. The van der Waals surface area contributed by atoms with Crippen LogP contribution in [0.4, 0.5) is 0 Å². The highest BCUT2D eigenvalue weighted by Gasteiger charge is 2.27. The standard InChI is InChI=1S/C15H22N4O3/c20-9-11-8-19(18-17-11)15-4-2-1-3-14(15)16-7-12-5-6-13(10-21)22-12/h5-6,8,14-16,20-21H,1-4,7,9-10H2/t14-,15+/m0/s1. The fourth-order valence-electron chi connectivity index (χ4n) is 3.05. The molecular formula is C15H22N4O3. The first-order valence-electron chi connectivity index (χ1n) is 7.73. The minimum absolute atomic E-state index is 0.0745. The van der Waals surface area contributed by atoms with Gasteiger partial charge in [0.05, 0.1) is 25.4 Å². The van der Waals surface area contributed by atoms with E-state index >= 15 is 0 Å². The van der Waals surface area contributed by atoms with Crippen LogP contribution in [0.2, 0.25) is 0 Å². The Hall–Kier alpha value is -1.70. The molecule has 0 aliphatic heterocycles. The highest BCUT2D eigenvalue weighted by atomic mass is 16.4. The number of hydrogen-bond acceptors (Lipinski definition) is 6. The number of rotatable bonds is 6. The third kappa shape index (κ3) is 3.37. The number of aromatic nitrogens is 3. The van der Waals surface area contributed by atoms with Crippen LogP contribution in [0.1, 0.15) is 48.9 Å². The predicted molar refractivity (Wildman–Crippen MR) is 78.7 cm³/mol. The lowest BCUT2D eigenvalue weighted by atomic mass is 9.90. The average Bonchev–Trinajstić information content (AvgIpc) is 3.22.